The first-order chi connectivity index (χ1) is 7.30. The minimum absolute atomic E-state index is 0.598. The van der Waals surface area contributed by atoms with E-state index in [-0.39, 0.29) is 0 Å². The first kappa shape index (κ1) is 9.86. The van der Waals surface area contributed by atoms with E-state index in [2.05, 4.69) is 45.5 Å². The zero-order valence-electron chi connectivity index (χ0n) is 8.80. The predicted molar refractivity (Wildman–Crippen MR) is 66.0 cm³/mol. The smallest absolute Gasteiger partial charge is 0.0178 e. The number of rotatable bonds is 1. The molecule has 1 aliphatic heterocycles. The van der Waals surface area contributed by atoms with Crippen molar-refractivity contribution < 1.29 is 0 Å². The molecule has 3 rings (SSSR count). The number of nitrogens with one attached hydrogen (secondary N) is 1. The van der Waals surface area contributed by atoms with Gasteiger partial charge >= 0.3 is 0 Å². The maximum Gasteiger partial charge on any atom is 0.0178 e. The third-order valence-corrected chi connectivity index (χ3v) is 4.66. The lowest BCUT2D eigenvalue weighted by molar-refractivity contribution is 0.137. The van der Waals surface area contributed by atoms with Gasteiger partial charge in [-0.3, -0.25) is 0 Å². The first-order valence-corrected chi connectivity index (χ1v) is 6.56. The molecule has 0 amide bonds. The van der Waals surface area contributed by atoms with Crippen molar-refractivity contribution in [2.75, 3.05) is 13.1 Å². The third-order valence-electron chi connectivity index (χ3n) is 4.17. The Balaban J connectivity index is 1.93. The van der Waals surface area contributed by atoms with Gasteiger partial charge in [0.05, 0.1) is 0 Å². The van der Waals surface area contributed by atoms with Gasteiger partial charge in [0, 0.05) is 23.5 Å². The fourth-order valence-electron chi connectivity index (χ4n) is 3.16. The lowest BCUT2D eigenvalue weighted by Crippen LogP contribution is -2.36. The van der Waals surface area contributed by atoms with Gasteiger partial charge in [-0.2, -0.15) is 0 Å². The first-order valence-electron chi connectivity index (χ1n) is 5.76. The molecule has 0 bridgehead atoms. The largest absolute Gasteiger partial charge is 0.316 e. The van der Waals surface area contributed by atoms with Crippen molar-refractivity contribution in [1.29, 1.82) is 0 Å². The summed E-state index contributed by atoms with van der Waals surface area (Å²) in [6.07, 6.45) is 4.25. The van der Waals surface area contributed by atoms with Crippen molar-refractivity contribution in [3.63, 3.8) is 0 Å². The zero-order chi connectivity index (χ0) is 10.3. The molecule has 1 atom stereocenters. The van der Waals surface area contributed by atoms with Crippen LogP contribution in [0.1, 0.15) is 30.7 Å². The molecule has 2 fully saturated rings. The molecule has 0 radical (unpaired) electrons. The van der Waals surface area contributed by atoms with E-state index in [1.54, 1.807) is 0 Å². The number of hydrogen-bond acceptors (Lipinski definition) is 1. The Morgan fingerprint density at radius 1 is 1.33 bits per heavy atom. The summed E-state index contributed by atoms with van der Waals surface area (Å²) in [4.78, 5) is 0. The average molecular weight is 266 g/mol. The number of halogens is 1. The van der Waals surface area contributed by atoms with Crippen LogP contribution in [0.5, 0.6) is 0 Å². The molecule has 1 N–H and O–H groups in total. The van der Waals surface area contributed by atoms with Gasteiger partial charge in [0.15, 0.2) is 0 Å². The fourth-order valence-corrected chi connectivity index (χ4v) is 3.57. The van der Waals surface area contributed by atoms with Gasteiger partial charge in [0.25, 0.3) is 0 Å². The molecule has 1 heterocycles. The van der Waals surface area contributed by atoms with E-state index in [9.17, 15) is 0 Å². The average Bonchev–Trinajstić information content (AvgIpc) is 2.61. The lowest BCUT2D eigenvalue weighted by Gasteiger charge is -2.43. The van der Waals surface area contributed by atoms with E-state index < -0.39 is 0 Å². The Hall–Kier alpha value is -0.340. The molecular weight excluding hydrogens is 250 g/mol. The van der Waals surface area contributed by atoms with Gasteiger partial charge in [-0.1, -0.05) is 34.5 Å². The van der Waals surface area contributed by atoms with Gasteiger partial charge in [-0.15, -0.1) is 0 Å². The molecule has 1 spiro atoms. The second kappa shape index (κ2) is 3.60. The summed E-state index contributed by atoms with van der Waals surface area (Å²) in [5.74, 6) is 0.740. The van der Waals surface area contributed by atoms with Crippen LogP contribution in [0.25, 0.3) is 0 Å². The summed E-state index contributed by atoms with van der Waals surface area (Å²) in [5, 5.41) is 3.57. The van der Waals surface area contributed by atoms with Crippen LogP contribution >= 0.6 is 15.9 Å². The maximum absolute atomic E-state index is 3.57. The highest BCUT2D eigenvalue weighted by Crippen LogP contribution is 2.53. The number of benzene rings is 1. The second-order valence-electron chi connectivity index (χ2n) is 4.95. The van der Waals surface area contributed by atoms with Crippen LogP contribution in [-0.2, 0) is 0 Å². The summed E-state index contributed by atoms with van der Waals surface area (Å²) in [7, 11) is 0. The molecular formula is C13H16BrN. The second-order valence-corrected chi connectivity index (χ2v) is 5.87. The molecule has 2 heteroatoms. The van der Waals surface area contributed by atoms with E-state index in [0.29, 0.717) is 5.41 Å². The third kappa shape index (κ3) is 1.55. The predicted octanol–water partition coefficient (Wildman–Crippen LogP) is 3.31. The topological polar surface area (TPSA) is 12.0 Å². The van der Waals surface area contributed by atoms with Gasteiger partial charge in [0.1, 0.15) is 0 Å². The highest BCUT2D eigenvalue weighted by Gasteiger charge is 2.47. The minimum atomic E-state index is 0.598. The van der Waals surface area contributed by atoms with E-state index in [1.807, 2.05) is 0 Å². The summed E-state index contributed by atoms with van der Waals surface area (Å²) < 4.78 is 1.21. The van der Waals surface area contributed by atoms with Crippen molar-refractivity contribution in [3.8, 4) is 0 Å². The van der Waals surface area contributed by atoms with E-state index in [1.165, 1.54) is 35.8 Å². The van der Waals surface area contributed by atoms with Crippen LogP contribution in [0.2, 0.25) is 0 Å². The molecule has 1 saturated heterocycles. The Morgan fingerprint density at radius 2 is 2.20 bits per heavy atom. The highest BCUT2D eigenvalue weighted by molar-refractivity contribution is 9.10. The van der Waals surface area contributed by atoms with Crippen LogP contribution in [0.15, 0.2) is 28.7 Å². The van der Waals surface area contributed by atoms with Gasteiger partial charge < -0.3 is 5.32 Å². The molecule has 1 aromatic rings. The van der Waals surface area contributed by atoms with Gasteiger partial charge in [-0.05, 0) is 36.0 Å². The van der Waals surface area contributed by atoms with E-state index in [0.717, 1.165) is 12.5 Å². The lowest BCUT2D eigenvalue weighted by atomic mass is 9.61. The van der Waals surface area contributed by atoms with E-state index >= 15 is 0 Å². The van der Waals surface area contributed by atoms with Crippen molar-refractivity contribution in [2.24, 2.45) is 5.41 Å². The normalized spacial score (nSPS) is 27.9. The van der Waals surface area contributed by atoms with Crippen molar-refractivity contribution in [3.05, 3.63) is 34.3 Å². The molecule has 80 valence electrons. The van der Waals surface area contributed by atoms with Crippen molar-refractivity contribution in [1.82, 2.24) is 5.32 Å². The summed E-state index contributed by atoms with van der Waals surface area (Å²) >= 11 is 3.57. The Kier molecular flexibility index (Phi) is 2.37. The van der Waals surface area contributed by atoms with Crippen LogP contribution in [-0.4, -0.2) is 13.1 Å². The van der Waals surface area contributed by atoms with Crippen molar-refractivity contribution >= 4 is 15.9 Å². The Morgan fingerprint density at radius 3 is 2.87 bits per heavy atom. The van der Waals surface area contributed by atoms with Gasteiger partial charge in [0.2, 0.25) is 0 Å². The molecule has 1 saturated carbocycles. The molecule has 1 aromatic carbocycles. The fraction of sp³-hybridized carbons (Fsp3) is 0.538. The Bertz CT molecular complexity index is 371. The molecule has 2 aliphatic rings. The van der Waals surface area contributed by atoms with Crippen LogP contribution < -0.4 is 5.32 Å². The Labute approximate surface area is 99.4 Å². The summed E-state index contributed by atoms with van der Waals surface area (Å²) in [5.41, 5.74) is 2.11. The van der Waals surface area contributed by atoms with Crippen molar-refractivity contribution in [2.45, 2.75) is 25.2 Å². The van der Waals surface area contributed by atoms with E-state index in [4.69, 9.17) is 0 Å². The monoisotopic (exact) mass is 265 g/mol. The maximum atomic E-state index is 3.57. The molecule has 0 aromatic heterocycles. The highest BCUT2D eigenvalue weighted by atomic mass is 79.9. The number of hydrogen-bond donors (Lipinski definition) is 1. The zero-order valence-corrected chi connectivity index (χ0v) is 10.4. The quantitative estimate of drug-likeness (QED) is 0.822. The van der Waals surface area contributed by atoms with Crippen LogP contribution in [0.4, 0.5) is 0 Å². The van der Waals surface area contributed by atoms with Crippen LogP contribution in [0.3, 0.4) is 0 Å². The SMILES string of the molecule is Brc1cccc([C@@H]2CNCC23CCC3)c1. The van der Waals surface area contributed by atoms with Gasteiger partial charge in [-0.25, -0.2) is 0 Å². The standard InChI is InChI=1S/C13H16BrN/c14-11-4-1-3-10(7-11)12-8-15-9-13(12)5-2-6-13/h1,3-4,7,12,15H,2,5-6,8-9H2/t12-/m0/s1. The summed E-state index contributed by atoms with van der Waals surface area (Å²) in [6, 6.07) is 8.84. The molecule has 1 aliphatic carbocycles. The molecule has 1 nitrogen and oxygen atoms in total. The minimum Gasteiger partial charge on any atom is -0.316 e. The molecule has 15 heavy (non-hydrogen) atoms. The van der Waals surface area contributed by atoms with Crippen LogP contribution in [0, 0.1) is 5.41 Å². The molecule has 0 unspecified atom stereocenters. The summed E-state index contributed by atoms with van der Waals surface area (Å²) in [6.45, 7) is 2.39.